The molecule has 4 aromatic rings. The van der Waals surface area contributed by atoms with Crippen LogP contribution in [0.15, 0.2) is 71.6 Å². The number of benzene rings is 3. The van der Waals surface area contributed by atoms with E-state index in [1.54, 1.807) is 31.3 Å². The van der Waals surface area contributed by atoms with Gasteiger partial charge >= 0.3 is 0 Å². The lowest BCUT2D eigenvalue weighted by Gasteiger charge is -2.20. The van der Waals surface area contributed by atoms with Gasteiger partial charge in [0.05, 0.1) is 25.7 Å². The van der Waals surface area contributed by atoms with E-state index in [1.807, 2.05) is 30.3 Å². The van der Waals surface area contributed by atoms with Crippen LogP contribution in [0.3, 0.4) is 0 Å². The van der Waals surface area contributed by atoms with Crippen molar-refractivity contribution in [2.45, 2.75) is 11.4 Å². The largest absolute Gasteiger partial charge is 0.495 e. The fourth-order valence-corrected chi connectivity index (χ4v) is 5.09. The number of thiazole rings is 1. The van der Waals surface area contributed by atoms with Crippen molar-refractivity contribution in [2.24, 2.45) is 0 Å². The molecule has 1 aromatic heterocycles. The lowest BCUT2D eigenvalue weighted by molar-refractivity contribution is 0.0985. The van der Waals surface area contributed by atoms with Crippen molar-refractivity contribution in [3.8, 4) is 11.5 Å². The van der Waals surface area contributed by atoms with Crippen LogP contribution in [0.5, 0.6) is 11.5 Å². The Morgan fingerprint density at radius 3 is 2.18 bits per heavy atom. The van der Waals surface area contributed by atoms with E-state index in [1.165, 1.54) is 35.6 Å². The highest BCUT2D eigenvalue weighted by atomic mass is 32.2. The molecule has 0 saturated heterocycles. The third kappa shape index (κ3) is 4.69. The number of fused-ring (bicyclic) bond motifs is 1. The van der Waals surface area contributed by atoms with Crippen LogP contribution in [0.4, 0.5) is 5.13 Å². The fourth-order valence-electron chi connectivity index (χ4n) is 3.38. The predicted molar refractivity (Wildman–Crippen MR) is 129 cm³/mol. The van der Waals surface area contributed by atoms with Gasteiger partial charge in [0, 0.05) is 11.8 Å². The maximum absolute atomic E-state index is 13.6. The van der Waals surface area contributed by atoms with Gasteiger partial charge in [-0.2, -0.15) is 0 Å². The molecule has 0 fully saturated rings. The monoisotopic (exact) mass is 482 g/mol. The Kier molecular flexibility index (Phi) is 6.35. The lowest BCUT2D eigenvalue weighted by Crippen LogP contribution is -2.30. The molecule has 0 bridgehead atoms. The summed E-state index contributed by atoms with van der Waals surface area (Å²) in [5.41, 5.74) is 1.89. The van der Waals surface area contributed by atoms with Crippen molar-refractivity contribution < 1.29 is 22.7 Å². The molecule has 1 heterocycles. The first-order chi connectivity index (χ1) is 15.8. The smallest absolute Gasteiger partial charge is 0.260 e. The van der Waals surface area contributed by atoms with Gasteiger partial charge in [-0.3, -0.25) is 9.69 Å². The van der Waals surface area contributed by atoms with E-state index in [0.717, 1.165) is 16.5 Å². The van der Waals surface area contributed by atoms with Crippen molar-refractivity contribution in [1.82, 2.24) is 4.98 Å². The molecule has 0 radical (unpaired) electrons. The van der Waals surface area contributed by atoms with Crippen molar-refractivity contribution in [1.29, 1.82) is 0 Å². The average Bonchev–Trinajstić information content (AvgIpc) is 3.27. The molecule has 7 nitrogen and oxygen atoms in total. The molecule has 9 heteroatoms. The number of methoxy groups -OCH3 is 2. The molecule has 33 heavy (non-hydrogen) atoms. The number of hydrogen-bond donors (Lipinski definition) is 0. The lowest BCUT2D eigenvalue weighted by atomic mass is 10.1. The van der Waals surface area contributed by atoms with Gasteiger partial charge in [0.25, 0.3) is 5.91 Å². The predicted octanol–water partition coefficient (Wildman–Crippen LogP) is 4.56. The van der Waals surface area contributed by atoms with Gasteiger partial charge in [-0.25, -0.2) is 13.4 Å². The Balaban J connectivity index is 1.81. The second-order valence-corrected chi connectivity index (χ2v) is 10.3. The SMILES string of the molecule is COc1ccc(OC)c2sc(N(Cc3ccccc3)C(=O)c3ccc(S(C)(=O)=O)cc3)nc12. The van der Waals surface area contributed by atoms with E-state index >= 15 is 0 Å². The summed E-state index contributed by atoms with van der Waals surface area (Å²) in [6.45, 7) is 0.290. The van der Waals surface area contributed by atoms with Gasteiger partial charge < -0.3 is 9.47 Å². The first-order valence-electron chi connectivity index (χ1n) is 9.99. The van der Waals surface area contributed by atoms with Crippen molar-refractivity contribution in [3.05, 3.63) is 77.9 Å². The molecule has 0 N–H and O–H groups in total. The van der Waals surface area contributed by atoms with Crippen molar-refractivity contribution in [2.75, 3.05) is 25.4 Å². The minimum atomic E-state index is -3.36. The highest BCUT2D eigenvalue weighted by Crippen LogP contribution is 2.40. The topological polar surface area (TPSA) is 85.8 Å². The Morgan fingerprint density at radius 1 is 0.939 bits per heavy atom. The van der Waals surface area contributed by atoms with E-state index in [4.69, 9.17) is 14.5 Å². The minimum Gasteiger partial charge on any atom is -0.495 e. The highest BCUT2D eigenvalue weighted by molar-refractivity contribution is 7.90. The Morgan fingerprint density at radius 2 is 1.58 bits per heavy atom. The van der Waals surface area contributed by atoms with Gasteiger partial charge in [-0.15, -0.1) is 0 Å². The van der Waals surface area contributed by atoms with Gasteiger partial charge in [0.15, 0.2) is 15.0 Å². The van der Waals surface area contributed by atoms with Crippen LogP contribution in [0.2, 0.25) is 0 Å². The fraction of sp³-hybridized carbons (Fsp3) is 0.167. The van der Waals surface area contributed by atoms with Gasteiger partial charge in [-0.1, -0.05) is 41.7 Å². The Hall–Kier alpha value is -3.43. The summed E-state index contributed by atoms with van der Waals surface area (Å²) in [7, 11) is -0.216. The summed E-state index contributed by atoms with van der Waals surface area (Å²) in [6.07, 6.45) is 1.13. The Labute approximate surface area is 196 Å². The second kappa shape index (κ2) is 9.21. The number of amides is 1. The number of ether oxygens (including phenoxy) is 2. The van der Waals surface area contributed by atoms with Gasteiger partial charge in [0.2, 0.25) is 0 Å². The number of hydrogen-bond acceptors (Lipinski definition) is 7. The number of rotatable bonds is 7. The van der Waals surface area contributed by atoms with Crippen LogP contribution in [-0.2, 0) is 16.4 Å². The number of aromatic nitrogens is 1. The number of carbonyl (C=O) groups is 1. The quantitative estimate of drug-likeness (QED) is 0.384. The average molecular weight is 483 g/mol. The summed E-state index contributed by atoms with van der Waals surface area (Å²) < 4.78 is 35.3. The summed E-state index contributed by atoms with van der Waals surface area (Å²) in [6, 6.07) is 19.1. The third-order valence-electron chi connectivity index (χ3n) is 5.09. The minimum absolute atomic E-state index is 0.156. The highest BCUT2D eigenvalue weighted by Gasteiger charge is 2.24. The number of nitrogens with zero attached hydrogens (tertiary/aromatic N) is 2. The normalized spacial score (nSPS) is 11.4. The molecule has 1 amide bonds. The van der Waals surface area contributed by atoms with Crippen LogP contribution in [0, 0.1) is 0 Å². The summed E-state index contributed by atoms with van der Waals surface area (Å²) in [5, 5.41) is 0.480. The van der Waals surface area contributed by atoms with Crippen LogP contribution in [0.1, 0.15) is 15.9 Å². The van der Waals surface area contributed by atoms with E-state index in [2.05, 4.69) is 0 Å². The summed E-state index contributed by atoms with van der Waals surface area (Å²) in [4.78, 5) is 20.0. The molecule has 0 unspecified atom stereocenters. The molecule has 4 rings (SSSR count). The van der Waals surface area contributed by atoms with Crippen LogP contribution >= 0.6 is 11.3 Å². The van der Waals surface area contributed by atoms with E-state index < -0.39 is 9.84 Å². The first kappa shape index (κ1) is 22.8. The molecule has 0 aliphatic heterocycles. The summed E-state index contributed by atoms with van der Waals surface area (Å²) >= 11 is 1.33. The van der Waals surface area contributed by atoms with E-state index in [9.17, 15) is 13.2 Å². The maximum Gasteiger partial charge on any atom is 0.260 e. The van der Waals surface area contributed by atoms with Crippen LogP contribution in [-0.4, -0.2) is 39.8 Å². The zero-order chi connectivity index (χ0) is 23.6. The van der Waals surface area contributed by atoms with Gasteiger partial charge in [-0.05, 0) is 42.0 Å². The molecule has 3 aromatic carbocycles. The third-order valence-corrected chi connectivity index (χ3v) is 7.31. The molecule has 0 saturated carbocycles. The van der Waals surface area contributed by atoms with Crippen LogP contribution in [0.25, 0.3) is 10.2 Å². The number of sulfone groups is 1. The standard InChI is InChI=1S/C24H22N2O5S2/c1-30-19-13-14-20(31-2)22-21(19)25-24(32-22)26(15-16-7-5-4-6-8-16)23(27)17-9-11-18(12-10-17)33(3,28)29/h4-14H,15H2,1-3H3. The van der Waals surface area contributed by atoms with Gasteiger partial charge in [0.1, 0.15) is 21.7 Å². The molecule has 0 spiro atoms. The molecular formula is C24H22N2O5S2. The van der Waals surface area contributed by atoms with Crippen molar-refractivity contribution in [3.63, 3.8) is 0 Å². The first-order valence-corrected chi connectivity index (χ1v) is 12.7. The molecular weight excluding hydrogens is 460 g/mol. The van der Waals surface area contributed by atoms with Crippen molar-refractivity contribution >= 4 is 42.4 Å². The second-order valence-electron chi connectivity index (χ2n) is 7.32. The number of anilines is 1. The molecule has 0 atom stereocenters. The zero-order valence-corrected chi connectivity index (χ0v) is 19.9. The summed E-state index contributed by atoms with van der Waals surface area (Å²) in [5.74, 6) is 0.924. The molecule has 0 aliphatic carbocycles. The maximum atomic E-state index is 13.6. The Bertz CT molecular complexity index is 1360. The zero-order valence-electron chi connectivity index (χ0n) is 18.3. The number of carbonyl (C=O) groups excluding carboxylic acids is 1. The molecule has 170 valence electrons. The van der Waals surface area contributed by atoms with Crippen LogP contribution < -0.4 is 14.4 Å². The molecule has 0 aliphatic rings. The van der Waals surface area contributed by atoms with E-state index in [0.29, 0.717) is 27.7 Å². The van der Waals surface area contributed by atoms with E-state index in [-0.39, 0.29) is 17.3 Å².